The van der Waals surface area contributed by atoms with Crippen LogP contribution in [0.15, 0.2) is 88.9 Å². The molecule has 178 valence electrons. The van der Waals surface area contributed by atoms with Crippen LogP contribution in [-0.4, -0.2) is 44.2 Å². The zero-order chi connectivity index (χ0) is 24.5. The monoisotopic (exact) mass is 490 g/mol. The first-order valence-corrected chi connectivity index (χ1v) is 12.4. The summed E-state index contributed by atoms with van der Waals surface area (Å²) in [6.07, 6.45) is -3.21. The van der Waals surface area contributed by atoms with Crippen molar-refractivity contribution in [1.29, 1.82) is 0 Å². The molecule has 3 aromatic rings. The predicted molar refractivity (Wildman–Crippen MR) is 122 cm³/mol. The van der Waals surface area contributed by atoms with Crippen molar-refractivity contribution in [2.75, 3.05) is 12.8 Å². The predicted octanol–water partition coefficient (Wildman–Crippen LogP) is 5.21. The lowest BCUT2D eigenvalue weighted by molar-refractivity contribution is -0.181. The van der Waals surface area contributed by atoms with Gasteiger partial charge in [0.15, 0.2) is 15.9 Å². The number of rotatable bonds is 6. The zero-order valence-electron chi connectivity index (χ0n) is 18.2. The minimum Gasteiger partial charge on any atom is -0.283 e. The highest BCUT2D eigenvalue weighted by atomic mass is 32.2. The molecule has 4 nitrogen and oxygen atoms in total. The molecule has 0 spiro atoms. The Bertz CT molecular complexity index is 1270. The van der Waals surface area contributed by atoms with Crippen molar-refractivity contribution in [2.24, 2.45) is 5.10 Å². The van der Waals surface area contributed by atoms with Crippen molar-refractivity contribution in [1.82, 2.24) is 5.01 Å². The van der Waals surface area contributed by atoms with Gasteiger partial charge in [0.05, 0.1) is 16.5 Å². The second-order valence-corrected chi connectivity index (χ2v) is 10.2. The average molecular weight is 491 g/mol. The number of hydrogen-bond acceptors (Lipinski definition) is 4. The standard InChI is InChI=1S/C25H22F4N2O2S/c1-34(32,33)21-13-9-19(10-14-21)23-22(18-7-11-20(26)12-8-18)24(25(27,28)29)31(30-23)16-15-17-5-3-2-4-6-17/h2-14,22,24H,15-16H2,1H3. The Morgan fingerprint density at radius 1 is 0.912 bits per heavy atom. The molecule has 0 N–H and O–H groups in total. The van der Waals surface area contributed by atoms with Gasteiger partial charge in [0.2, 0.25) is 0 Å². The highest BCUT2D eigenvalue weighted by Gasteiger charge is 2.54. The maximum atomic E-state index is 14.4. The number of sulfone groups is 1. The summed E-state index contributed by atoms with van der Waals surface area (Å²) < 4.78 is 80.4. The Labute approximate surface area is 195 Å². The summed E-state index contributed by atoms with van der Waals surface area (Å²) in [5.74, 6) is -1.76. The van der Waals surface area contributed by atoms with E-state index in [0.29, 0.717) is 12.0 Å². The highest BCUT2D eigenvalue weighted by Crippen LogP contribution is 2.42. The molecule has 0 aliphatic carbocycles. The molecule has 3 aromatic carbocycles. The smallest absolute Gasteiger partial charge is 0.283 e. The van der Waals surface area contributed by atoms with Gasteiger partial charge in [-0.2, -0.15) is 18.3 Å². The van der Waals surface area contributed by atoms with Crippen LogP contribution in [0.4, 0.5) is 17.6 Å². The van der Waals surface area contributed by atoms with Gasteiger partial charge in [0, 0.05) is 12.8 Å². The van der Waals surface area contributed by atoms with Crippen molar-refractivity contribution in [3.8, 4) is 0 Å². The van der Waals surface area contributed by atoms with Gasteiger partial charge < -0.3 is 0 Å². The molecular formula is C25H22F4N2O2S. The summed E-state index contributed by atoms with van der Waals surface area (Å²) in [6, 6.07) is 17.7. The summed E-state index contributed by atoms with van der Waals surface area (Å²) >= 11 is 0. The first kappa shape index (κ1) is 23.9. The molecule has 0 amide bonds. The van der Waals surface area contributed by atoms with E-state index in [0.717, 1.165) is 29.0 Å². The molecule has 0 saturated carbocycles. The molecule has 34 heavy (non-hydrogen) atoms. The van der Waals surface area contributed by atoms with Crippen LogP contribution in [0.5, 0.6) is 0 Å². The number of nitrogens with zero attached hydrogens (tertiary/aromatic N) is 2. The third kappa shape index (κ3) is 5.14. The molecule has 0 bridgehead atoms. The number of halogens is 4. The van der Waals surface area contributed by atoms with Crippen LogP contribution in [0.2, 0.25) is 0 Å². The van der Waals surface area contributed by atoms with Crippen LogP contribution < -0.4 is 0 Å². The summed E-state index contributed by atoms with van der Waals surface area (Å²) in [7, 11) is -3.47. The Kier molecular flexibility index (Phi) is 6.49. The second-order valence-electron chi connectivity index (χ2n) is 8.20. The topological polar surface area (TPSA) is 49.7 Å². The maximum Gasteiger partial charge on any atom is 0.411 e. The lowest BCUT2D eigenvalue weighted by Crippen LogP contribution is -2.45. The third-order valence-corrected chi connectivity index (χ3v) is 6.91. The molecule has 4 rings (SSSR count). The lowest BCUT2D eigenvalue weighted by Gasteiger charge is -2.30. The minimum absolute atomic E-state index is 0.0246. The largest absolute Gasteiger partial charge is 0.411 e. The number of hydrogen-bond donors (Lipinski definition) is 0. The van der Waals surface area contributed by atoms with E-state index in [1.807, 2.05) is 30.3 Å². The van der Waals surface area contributed by atoms with E-state index in [1.165, 1.54) is 36.4 Å². The van der Waals surface area contributed by atoms with E-state index >= 15 is 0 Å². The zero-order valence-corrected chi connectivity index (χ0v) is 19.0. The number of alkyl halides is 3. The Morgan fingerprint density at radius 2 is 1.53 bits per heavy atom. The molecule has 9 heteroatoms. The van der Waals surface area contributed by atoms with Gasteiger partial charge in [-0.3, -0.25) is 5.01 Å². The Morgan fingerprint density at radius 3 is 2.09 bits per heavy atom. The lowest BCUT2D eigenvalue weighted by atomic mass is 9.84. The summed E-state index contributed by atoms with van der Waals surface area (Å²) in [4.78, 5) is 0.0569. The van der Waals surface area contributed by atoms with E-state index in [-0.39, 0.29) is 22.7 Å². The fourth-order valence-electron chi connectivity index (χ4n) is 4.14. The average Bonchev–Trinajstić information content (AvgIpc) is 3.18. The van der Waals surface area contributed by atoms with E-state index < -0.39 is 33.8 Å². The molecular weight excluding hydrogens is 468 g/mol. The van der Waals surface area contributed by atoms with Crippen molar-refractivity contribution in [3.05, 3.63) is 101 Å². The van der Waals surface area contributed by atoms with Crippen LogP contribution >= 0.6 is 0 Å². The van der Waals surface area contributed by atoms with E-state index in [9.17, 15) is 26.0 Å². The van der Waals surface area contributed by atoms with Crippen LogP contribution in [-0.2, 0) is 16.3 Å². The summed E-state index contributed by atoms with van der Waals surface area (Å²) in [6.45, 7) is 0.0246. The normalized spacial score (nSPS) is 18.7. The summed E-state index contributed by atoms with van der Waals surface area (Å²) in [5, 5.41) is 5.42. The molecule has 2 unspecified atom stereocenters. The fraction of sp³-hybridized carbons (Fsp3) is 0.240. The second kappa shape index (κ2) is 9.21. The van der Waals surface area contributed by atoms with Crippen LogP contribution in [0, 0.1) is 5.82 Å². The third-order valence-electron chi connectivity index (χ3n) is 5.78. The molecule has 1 aliphatic rings. The molecule has 1 heterocycles. The Hall–Kier alpha value is -3.20. The van der Waals surface area contributed by atoms with Gasteiger partial charge in [-0.25, -0.2) is 12.8 Å². The van der Waals surface area contributed by atoms with Crippen LogP contribution in [0.1, 0.15) is 22.6 Å². The molecule has 0 fully saturated rings. The van der Waals surface area contributed by atoms with Crippen molar-refractivity contribution in [2.45, 2.75) is 29.5 Å². The number of hydrazone groups is 1. The quantitative estimate of drug-likeness (QED) is 0.446. The van der Waals surface area contributed by atoms with Crippen molar-refractivity contribution >= 4 is 15.5 Å². The van der Waals surface area contributed by atoms with Crippen LogP contribution in [0.25, 0.3) is 0 Å². The molecule has 2 atom stereocenters. The minimum atomic E-state index is -4.62. The van der Waals surface area contributed by atoms with Gasteiger partial charge in [-0.15, -0.1) is 0 Å². The molecule has 1 aliphatic heterocycles. The van der Waals surface area contributed by atoms with Gasteiger partial charge in [-0.1, -0.05) is 54.6 Å². The highest BCUT2D eigenvalue weighted by molar-refractivity contribution is 7.90. The van der Waals surface area contributed by atoms with Gasteiger partial charge in [-0.05, 0) is 47.4 Å². The van der Waals surface area contributed by atoms with Gasteiger partial charge in [0.25, 0.3) is 0 Å². The maximum absolute atomic E-state index is 14.4. The molecule has 0 saturated heterocycles. The van der Waals surface area contributed by atoms with E-state index in [1.54, 1.807) is 0 Å². The van der Waals surface area contributed by atoms with Crippen LogP contribution in [0.3, 0.4) is 0 Å². The van der Waals surface area contributed by atoms with Crippen molar-refractivity contribution < 1.29 is 26.0 Å². The van der Waals surface area contributed by atoms with Gasteiger partial charge >= 0.3 is 6.18 Å². The summed E-state index contributed by atoms with van der Waals surface area (Å²) in [5.41, 5.74) is 1.68. The molecule has 0 radical (unpaired) electrons. The number of benzene rings is 3. The van der Waals surface area contributed by atoms with Crippen molar-refractivity contribution in [3.63, 3.8) is 0 Å². The van der Waals surface area contributed by atoms with E-state index in [4.69, 9.17) is 0 Å². The van der Waals surface area contributed by atoms with Gasteiger partial charge in [0.1, 0.15) is 5.82 Å². The first-order chi connectivity index (χ1) is 16.0. The Balaban J connectivity index is 1.77. The SMILES string of the molecule is CS(=O)(=O)c1ccc(C2=NN(CCc3ccccc3)C(C(F)(F)F)C2c2ccc(F)cc2)cc1. The fourth-order valence-corrected chi connectivity index (χ4v) is 4.77. The van der Waals surface area contributed by atoms with E-state index in [2.05, 4.69) is 5.10 Å². The molecule has 0 aromatic heterocycles. The first-order valence-electron chi connectivity index (χ1n) is 10.6.